The second kappa shape index (κ2) is 3.39. The summed E-state index contributed by atoms with van der Waals surface area (Å²) in [6, 6.07) is 2.75. The predicted molar refractivity (Wildman–Crippen MR) is 54.4 cm³/mol. The van der Waals surface area contributed by atoms with Crippen molar-refractivity contribution >= 4 is 12.7 Å². The van der Waals surface area contributed by atoms with Gasteiger partial charge in [0.1, 0.15) is 11.3 Å². The number of phenols is 1. The van der Waals surface area contributed by atoms with Crippen LogP contribution < -0.4 is 4.65 Å². The van der Waals surface area contributed by atoms with E-state index in [1.165, 1.54) is 12.1 Å². The Balaban J connectivity index is 2.58. The second-order valence-corrected chi connectivity index (χ2v) is 3.77. The number of fused-ring (bicyclic) bond motifs is 1. The Morgan fingerprint density at radius 1 is 1.38 bits per heavy atom. The number of aromatic carboxylic acids is 1. The first-order chi connectivity index (χ1) is 7.41. The largest absolute Gasteiger partial charge is 0.669 e. The number of hydrogen-bond acceptors (Lipinski definition) is 5. The highest BCUT2D eigenvalue weighted by Crippen LogP contribution is 2.37. The van der Waals surface area contributed by atoms with E-state index < -0.39 is 24.0 Å². The minimum Gasteiger partial charge on any atom is -0.669 e. The minimum absolute atomic E-state index is 0.0107. The summed E-state index contributed by atoms with van der Waals surface area (Å²) in [5, 5.41) is 37.0. The lowest BCUT2D eigenvalue weighted by atomic mass is 9.70. The Morgan fingerprint density at radius 3 is 2.69 bits per heavy atom. The van der Waals surface area contributed by atoms with Crippen LogP contribution in [0.3, 0.4) is 0 Å². The van der Waals surface area contributed by atoms with Gasteiger partial charge in [-0.05, 0) is 18.1 Å². The van der Waals surface area contributed by atoms with Crippen molar-refractivity contribution in [3.05, 3.63) is 23.3 Å². The van der Waals surface area contributed by atoms with Gasteiger partial charge in [-0.25, -0.2) is 4.79 Å². The van der Waals surface area contributed by atoms with Crippen LogP contribution in [0.2, 0.25) is 6.32 Å². The number of carbonyl (C=O) groups is 1. The van der Waals surface area contributed by atoms with Crippen molar-refractivity contribution in [2.45, 2.75) is 12.7 Å². The van der Waals surface area contributed by atoms with E-state index in [0.29, 0.717) is 12.0 Å². The molecule has 7 heteroatoms. The third kappa shape index (κ3) is 1.70. The average Bonchev–Trinajstić information content (AvgIpc) is 2.15. The lowest BCUT2D eigenvalue weighted by Gasteiger charge is -2.37. The van der Waals surface area contributed by atoms with Crippen molar-refractivity contribution in [1.82, 2.24) is 0 Å². The summed E-state index contributed by atoms with van der Waals surface area (Å²) < 4.78 is 4.83. The van der Waals surface area contributed by atoms with E-state index in [1.807, 2.05) is 0 Å². The van der Waals surface area contributed by atoms with Crippen LogP contribution in [-0.2, 0) is 6.42 Å². The van der Waals surface area contributed by atoms with Gasteiger partial charge in [-0.1, -0.05) is 12.4 Å². The van der Waals surface area contributed by atoms with Gasteiger partial charge in [0, 0.05) is 0 Å². The monoisotopic (exact) mass is 225 g/mol. The summed E-state index contributed by atoms with van der Waals surface area (Å²) in [5.74, 6) is -1.99. The quantitative estimate of drug-likeness (QED) is 0.499. The van der Waals surface area contributed by atoms with E-state index in [4.69, 9.17) is 9.76 Å². The molecule has 0 saturated heterocycles. The van der Waals surface area contributed by atoms with Crippen LogP contribution in [-0.4, -0.2) is 33.0 Å². The molecular weight excluding hydrogens is 215 g/mol. The average molecular weight is 225 g/mol. The fourth-order valence-electron chi connectivity index (χ4n) is 1.74. The van der Waals surface area contributed by atoms with Crippen LogP contribution in [0.15, 0.2) is 12.1 Å². The van der Waals surface area contributed by atoms with Gasteiger partial charge in [-0.2, -0.15) is 0 Å². The Bertz CT molecular complexity index is 456. The minimum atomic E-state index is -3.03. The molecule has 4 N–H and O–H groups in total. The van der Waals surface area contributed by atoms with Crippen LogP contribution in [0.1, 0.15) is 15.9 Å². The van der Waals surface area contributed by atoms with Gasteiger partial charge >= 0.3 is 12.7 Å². The maximum absolute atomic E-state index is 10.9. The predicted octanol–water partition coefficient (Wildman–Crippen LogP) is -0.0512. The molecule has 0 aromatic heterocycles. The van der Waals surface area contributed by atoms with Gasteiger partial charge in [0.05, 0.1) is 5.75 Å². The number of hydrogen-bond donors (Lipinski definition) is 4. The molecule has 16 heavy (non-hydrogen) atoms. The van der Waals surface area contributed by atoms with Gasteiger partial charge in [0.25, 0.3) is 0 Å². The van der Waals surface area contributed by atoms with Crippen LogP contribution in [0, 0.1) is 0 Å². The number of benzene rings is 1. The summed E-state index contributed by atoms with van der Waals surface area (Å²) in [7, 11) is 0. The maximum atomic E-state index is 10.9. The third-order valence-electron chi connectivity index (χ3n) is 2.53. The number of carboxylic acids is 1. The fraction of sp³-hybridized carbons (Fsp3) is 0.222. The highest BCUT2D eigenvalue weighted by Gasteiger charge is 2.32. The molecule has 1 aromatic rings. The van der Waals surface area contributed by atoms with Crippen LogP contribution in [0.25, 0.3) is 0 Å². The first-order valence-corrected chi connectivity index (χ1v) is 4.78. The summed E-state index contributed by atoms with van der Waals surface area (Å²) >= 11 is 0. The molecule has 6 nitrogen and oxygen atoms in total. The van der Waals surface area contributed by atoms with Crippen molar-refractivity contribution < 1.29 is 29.7 Å². The lowest BCUT2D eigenvalue weighted by Crippen LogP contribution is -2.45. The molecule has 0 atom stereocenters. The smallest absolute Gasteiger partial charge is 0.430 e. The summed E-state index contributed by atoms with van der Waals surface area (Å²) in [4.78, 5) is 10.9. The Hall–Kier alpha value is -1.73. The zero-order valence-electron chi connectivity index (χ0n) is 8.25. The summed E-state index contributed by atoms with van der Waals surface area (Å²) in [6.07, 6.45) is 0.305. The molecule has 0 spiro atoms. The Kier molecular flexibility index (Phi) is 2.29. The Labute approximate surface area is 90.7 Å². The molecule has 1 aliphatic rings. The zero-order valence-corrected chi connectivity index (χ0v) is 8.25. The van der Waals surface area contributed by atoms with Crippen LogP contribution in [0.4, 0.5) is 0 Å². The van der Waals surface area contributed by atoms with E-state index in [2.05, 4.69) is 0 Å². The molecule has 0 saturated carbocycles. The standard InChI is InChI=1S/C9H10BO6/c11-6-2-1-5-3-4-10(14,15)16-8(5)7(6)9(12)13/h1-2,11,14-15H,3-4H2,(H,12,13)/q-1. The molecule has 0 bridgehead atoms. The van der Waals surface area contributed by atoms with Gasteiger partial charge in [0.2, 0.25) is 0 Å². The SMILES string of the molecule is O=C(O)c1c(O)ccc2c1O[B-](O)(O)CC2. The van der Waals surface area contributed by atoms with Crippen molar-refractivity contribution in [2.24, 2.45) is 0 Å². The van der Waals surface area contributed by atoms with E-state index >= 15 is 0 Å². The van der Waals surface area contributed by atoms with Crippen LogP contribution in [0.5, 0.6) is 11.5 Å². The molecule has 0 unspecified atom stereocenters. The van der Waals surface area contributed by atoms with Gasteiger partial charge < -0.3 is 24.9 Å². The van der Waals surface area contributed by atoms with Crippen LogP contribution >= 0.6 is 0 Å². The van der Waals surface area contributed by atoms with Gasteiger partial charge in [-0.15, -0.1) is 0 Å². The van der Waals surface area contributed by atoms with E-state index in [9.17, 15) is 19.9 Å². The topological polar surface area (TPSA) is 107 Å². The lowest BCUT2D eigenvalue weighted by molar-refractivity contribution is 0.0690. The number of rotatable bonds is 1. The first-order valence-electron chi connectivity index (χ1n) is 4.78. The summed E-state index contributed by atoms with van der Waals surface area (Å²) in [6.45, 7) is -3.03. The maximum Gasteiger partial charge on any atom is 0.430 e. The highest BCUT2D eigenvalue weighted by molar-refractivity contribution is 6.59. The third-order valence-corrected chi connectivity index (χ3v) is 2.53. The van der Waals surface area contributed by atoms with Gasteiger partial charge in [0.15, 0.2) is 0 Å². The molecule has 0 radical (unpaired) electrons. The molecular formula is C9H10BO6-. The molecule has 1 aromatic carbocycles. The fourth-order valence-corrected chi connectivity index (χ4v) is 1.74. The highest BCUT2D eigenvalue weighted by atomic mass is 16.6. The molecule has 0 aliphatic carbocycles. The molecule has 0 fully saturated rings. The van der Waals surface area contributed by atoms with Crippen molar-refractivity contribution in [3.63, 3.8) is 0 Å². The van der Waals surface area contributed by atoms with Gasteiger partial charge in [-0.3, -0.25) is 0 Å². The molecule has 86 valence electrons. The molecule has 1 aliphatic heterocycles. The molecule has 1 heterocycles. The van der Waals surface area contributed by atoms with Crippen molar-refractivity contribution in [2.75, 3.05) is 0 Å². The first kappa shape index (κ1) is 10.8. The van der Waals surface area contributed by atoms with E-state index in [-0.39, 0.29) is 12.1 Å². The van der Waals surface area contributed by atoms with Crippen molar-refractivity contribution in [3.8, 4) is 11.5 Å². The summed E-state index contributed by atoms with van der Waals surface area (Å²) in [5.41, 5.74) is 0.0994. The number of carboxylic acid groups (broad SMARTS) is 1. The number of aromatic hydroxyl groups is 1. The van der Waals surface area contributed by atoms with Crippen molar-refractivity contribution in [1.29, 1.82) is 0 Å². The normalized spacial score (nSPS) is 17.4. The Morgan fingerprint density at radius 2 is 2.06 bits per heavy atom. The zero-order chi connectivity index (χ0) is 11.9. The van der Waals surface area contributed by atoms with E-state index in [0.717, 1.165) is 0 Å². The number of aryl methyl sites for hydroxylation is 1. The molecule has 0 amide bonds. The van der Waals surface area contributed by atoms with E-state index in [1.54, 1.807) is 0 Å². The second-order valence-electron chi connectivity index (χ2n) is 3.77. The molecule has 2 rings (SSSR count).